The first-order valence-corrected chi connectivity index (χ1v) is 5.53. The van der Waals surface area contributed by atoms with Crippen LogP contribution in [0.15, 0.2) is 45.7 Å². The van der Waals surface area contributed by atoms with Crippen LogP contribution in [0.4, 0.5) is 5.69 Å². The molecule has 2 heterocycles. The smallest absolute Gasteiger partial charge is 0.259 e. The highest BCUT2D eigenvalue weighted by Crippen LogP contribution is 2.29. The normalized spacial score (nSPS) is 10.7. The Morgan fingerprint density at radius 1 is 1.22 bits per heavy atom. The minimum absolute atomic E-state index is 0.344. The molecule has 0 atom stereocenters. The standard InChI is InChI=1S/C12H8ClN3O2/c13-10-5-8(14)1-2-9(10)12-15-11(16-18-12)7-3-4-17-6-7/h1-6H,14H2. The summed E-state index contributed by atoms with van der Waals surface area (Å²) in [6, 6.07) is 6.85. The van der Waals surface area contributed by atoms with Crippen molar-refractivity contribution in [2.75, 3.05) is 5.73 Å². The molecule has 5 nitrogen and oxygen atoms in total. The molecule has 90 valence electrons. The number of benzene rings is 1. The van der Waals surface area contributed by atoms with Crippen molar-refractivity contribution < 1.29 is 8.94 Å². The van der Waals surface area contributed by atoms with Gasteiger partial charge >= 0.3 is 0 Å². The molecular weight excluding hydrogens is 254 g/mol. The number of anilines is 1. The van der Waals surface area contributed by atoms with Crippen LogP contribution in [0.1, 0.15) is 0 Å². The molecule has 0 aliphatic carbocycles. The molecule has 3 rings (SSSR count). The first kappa shape index (κ1) is 10.9. The molecule has 2 N–H and O–H groups in total. The second-order valence-corrected chi connectivity index (χ2v) is 4.08. The van der Waals surface area contributed by atoms with Gasteiger partial charge in [-0.15, -0.1) is 0 Å². The third-order valence-electron chi connectivity index (χ3n) is 2.43. The second kappa shape index (κ2) is 4.19. The molecule has 0 radical (unpaired) electrons. The zero-order valence-corrected chi connectivity index (χ0v) is 9.89. The molecule has 0 saturated heterocycles. The number of aromatic nitrogens is 2. The number of nitrogens with zero attached hydrogens (tertiary/aromatic N) is 2. The van der Waals surface area contributed by atoms with Gasteiger partial charge < -0.3 is 14.7 Å². The Hall–Kier alpha value is -2.27. The Morgan fingerprint density at radius 2 is 2.11 bits per heavy atom. The van der Waals surface area contributed by atoms with Gasteiger partial charge in [-0.3, -0.25) is 0 Å². The minimum Gasteiger partial charge on any atom is -0.472 e. The molecule has 0 aliphatic rings. The monoisotopic (exact) mass is 261 g/mol. The number of hydrogen-bond acceptors (Lipinski definition) is 5. The van der Waals surface area contributed by atoms with Gasteiger partial charge in [-0.25, -0.2) is 0 Å². The second-order valence-electron chi connectivity index (χ2n) is 3.67. The van der Waals surface area contributed by atoms with E-state index in [-0.39, 0.29) is 0 Å². The summed E-state index contributed by atoms with van der Waals surface area (Å²) in [4.78, 5) is 4.25. The van der Waals surface area contributed by atoms with E-state index >= 15 is 0 Å². The van der Waals surface area contributed by atoms with Crippen LogP contribution < -0.4 is 5.73 Å². The average Bonchev–Trinajstić information content (AvgIpc) is 2.99. The van der Waals surface area contributed by atoms with Gasteiger partial charge in [-0.05, 0) is 24.3 Å². The summed E-state index contributed by atoms with van der Waals surface area (Å²) in [6.45, 7) is 0. The van der Waals surface area contributed by atoms with Crippen molar-refractivity contribution >= 4 is 17.3 Å². The third-order valence-corrected chi connectivity index (χ3v) is 2.74. The zero-order chi connectivity index (χ0) is 12.5. The molecule has 6 heteroatoms. The fraction of sp³-hybridized carbons (Fsp3) is 0. The highest BCUT2D eigenvalue weighted by molar-refractivity contribution is 6.33. The first-order valence-electron chi connectivity index (χ1n) is 5.16. The molecule has 18 heavy (non-hydrogen) atoms. The van der Waals surface area contributed by atoms with Crippen LogP contribution in [-0.2, 0) is 0 Å². The molecule has 3 aromatic rings. The van der Waals surface area contributed by atoms with E-state index in [2.05, 4.69) is 10.1 Å². The average molecular weight is 262 g/mol. The van der Waals surface area contributed by atoms with Crippen LogP contribution in [0.25, 0.3) is 22.8 Å². The van der Waals surface area contributed by atoms with Crippen LogP contribution >= 0.6 is 11.6 Å². The fourth-order valence-corrected chi connectivity index (χ4v) is 1.82. The van der Waals surface area contributed by atoms with Crippen LogP contribution in [0, 0.1) is 0 Å². The van der Waals surface area contributed by atoms with Crippen LogP contribution in [0.3, 0.4) is 0 Å². The number of halogens is 1. The lowest BCUT2D eigenvalue weighted by Crippen LogP contribution is -1.86. The lowest BCUT2D eigenvalue weighted by atomic mass is 10.2. The first-order chi connectivity index (χ1) is 8.74. The van der Waals surface area contributed by atoms with E-state index in [1.165, 1.54) is 0 Å². The van der Waals surface area contributed by atoms with Gasteiger partial charge in [0.05, 0.1) is 22.4 Å². The van der Waals surface area contributed by atoms with Gasteiger partial charge in [0.2, 0.25) is 5.82 Å². The van der Waals surface area contributed by atoms with E-state index in [9.17, 15) is 0 Å². The van der Waals surface area contributed by atoms with Crippen LogP contribution in [0.2, 0.25) is 5.02 Å². The predicted octanol–water partition coefficient (Wildman–Crippen LogP) is 3.23. The summed E-state index contributed by atoms with van der Waals surface area (Å²) < 4.78 is 10.1. The van der Waals surface area contributed by atoms with Crippen molar-refractivity contribution in [3.63, 3.8) is 0 Å². The maximum absolute atomic E-state index is 6.07. The van der Waals surface area contributed by atoms with E-state index in [1.807, 2.05) is 0 Å². The summed E-state index contributed by atoms with van der Waals surface area (Å²) in [7, 11) is 0. The summed E-state index contributed by atoms with van der Waals surface area (Å²) in [6.07, 6.45) is 3.08. The Balaban J connectivity index is 2.03. The zero-order valence-electron chi connectivity index (χ0n) is 9.13. The quantitative estimate of drug-likeness (QED) is 0.717. The van der Waals surface area contributed by atoms with Gasteiger partial charge in [0.15, 0.2) is 0 Å². The highest BCUT2D eigenvalue weighted by Gasteiger charge is 2.14. The Morgan fingerprint density at radius 3 is 2.83 bits per heavy atom. The van der Waals surface area contributed by atoms with Gasteiger partial charge in [-0.2, -0.15) is 4.98 Å². The van der Waals surface area contributed by atoms with Crippen molar-refractivity contribution in [2.45, 2.75) is 0 Å². The third kappa shape index (κ3) is 1.84. The molecule has 1 aromatic carbocycles. The maximum atomic E-state index is 6.07. The Labute approximate surface area is 107 Å². The molecule has 2 aromatic heterocycles. The van der Waals surface area contributed by atoms with Crippen molar-refractivity contribution in [3.05, 3.63) is 41.8 Å². The molecule has 0 fully saturated rings. The van der Waals surface area contributed by atoms with E-state index in [0.29, 0.717) is 28.0 Å². The topological polar surface area (TPSA) is 78.1 Å². The molecule has 0 aliphatic heterocycles. The summed E-state index contributed by atoms with van der Waals surface area (Å²) in [5, 5.41) is 4.33. The number of nitrogens with two attached hydrogens (primary N) is 1. The predicted molar refractivity (Wildman–Crippen MR) is 66.9 cm³/mol. The number of furan rings is 1. The SMILES string of the molecule is Nc1ccc(-c2nc(-c3ccoc3)no2)c(Cl)c1. The van der Waals surface area contributed by atoms with Gasteiger partial charge in [-0.1, -0.05) is 16.8 Å². The molecule has 0 unspecified atom stereocenters. The number of nitrogen functional groups attached to an aromatic ring is 1. The molecule has 0 amide bonds. The van der Waals surface area contributed by atoms with E-state index in [4.69, 9.17) is 26.3 Å². The van der Waals surface area contributed by atoms with Gasteiger partial charge in [0.25, 0.3) is 5.89 Å². The van der Waals surface area contributed by atoms with Gasteiger partial charge in [0, 0.05) is 5.69 Å². The summed E-state index contributed by atoms with van der Waals surface area (Å²) in [5.41, 5.74) is 7.60. The van der Waals surface area contributed by atoms with Crippen LogP contribution in [0.5, 0.6) is 0 Å². The molecule has 0 saturated carbocycles. The molecular formula is C12H8ClN3O2. The van der Waals surface area contributed by atoms with E-state index in [0.717, 1.165) is 5.56 Å². The maximum Gasteiger partial charge on any atom is 0.259 e. The Bertz CT molecular complexity index is 676. The van der Waals surface area contributed by atoms with Crippen molar-refractivity contribution in [1.29, 1.82) is 0 Å². The number of hydrogen-bond donors (Lipinski definition) is 1. The van der Waals surface area contributed by atoms with Crippen molar-refractivity contribution in [1.82, 2.24) is 10.1 Å². The van der Waals surface area contributed by atoms with Crippen molar-refractivity contribution in [2.24, 2.45) is 0 Å². The lowest BCUT2D eigenvalue weighted by Gasteiger charge is -1.99. The van der Waals surface area contributed by atoms with Crippen molar-refractivity contribution in [3.8, 4) is 22.8 Å². The Kier molecular flexibility index (Phi) is 2.53. The van der Waals surface area contributed by atoms with E-state index < -0.39 is 0 Å². The molecule has 0 bridgehead atoms. The number of rotatable bonds is 2. The highest BCUT2D eigenvalue weighted by atomic mass is 35.5. The lowest BCUT2D eigenvalue weighted by molar-refractivity contribution is 0.432. The fourth-order valence-electron chi connectivity index (χ4n) is 1.55. The molecule has 0 spiro atoms. The van der Waals surface area contributed by atoms with Gasteiger partial charge in [0.1, 0.15) is 6.26 Å². The van der Waals surface area contributed by atoms with E-state index in [1.54, 1.807) is 36.8 Å². The summed E-state index contributed by atoms with van der Waals surface area (Å²) in [5.74, 6) is 0.794. The summed E-state index contributed by atoms with van der Waals surface area (Å²) >= 11 is 6.07. The minimum atomic E-state index is 0.344. The van der Waals surface area contributed by atoms with Crippen LogP contribution in [-0.4, -0.2) is 10.1 Å². The largest absolute Gasteiger partial charge is 0.472 e.